The first-order valence-corrected chi connectivity index (χ1v) is 11.7. The lowest BCUT2D eigenvalue weighted by Gasteiger charge is -2.17. The molecule has 10 nitrogen and oxygen atoms in total. The van der Waals surface area contributed by atoms with Crippen LogP contribution in [0.15, 0.2) is 53.6 Å². The van der Waals surface area contributed by atoms with Gasteiger partial charge >= 0.3 is 0 Å². The summed E-state index contributed by atoms with van der Waals surface area (Å²) in [5, 5.41) is 11.8. The quantitative estimate of drug-likeness (QED) is 0.347. The second-order valence-corrected chi connectivity index (χ2v) is 9.54. The molecule has 5 aromatic rings. The number of imidazole rings is 1. The average molecular weight is 520 g/mol. The van der Waals surface area contributed by atoms with Crippen molar-refractivity contribution >= 4 is 17.4 Å². The van der Waals surface area contributed by atoms with Crippen LogP contribution >= 0.6 is 11.6 Å². The Balaban J connectivity index is 1.33. The van der Waals surface area contributed by atoms with Crippen LogP contribution in [0, 0.1) is 17.8 Å². The van der Waals surface area contributed by atoms with E-state index in [1.165, 1.54) is 29.2 Å². The maximum Gasteiger partial charge on any atom is 0.252 e. The number of benzene rings is 1. The molecule has 0 saturated heterocycles. The fourth-order valence-corrected chi connectivity index (χ4v) is 5.47. The largest absolute Gasteiger partial charge is 0.384 e. The molecular formula is C24H16ClF2N9O. The molecule has 37 heavy (non-hydrogen) atoms. The standard InChI is InChI=1S/C24H16ClF2N9O/c25-11-1-3-16(35-9-29-33-34-35)13(7-11)10-5-17-14-8-15(14)21(36(17)19(37)6-10)24-31-20(23(27)32-24)12-2-4-18(28)30-22(12)26/h1-7,9,14-15,21H,8H2,(H2,28,30)(H,31,32). The third kappa shape index (κ3) is 3.36. The van der Waals surface area contributed by atoms with E-state index in [0.717, 1.165) is 12.1 Å². The molecule has 3 unspecified atom stereocenters. The second-order valence-electron chi connectivity index (χ2n) is 9.11. The zero-order valence-corrected chi connectivity index (χ0v) is 19.6. The minimum atomic E-state index is -0.910. The molecule has 4 aromatic heterocycles. The van der Waals surface area contributed by atoms with Gasteiger partial charge in [-0.25, -0.2) is 9.97 Å². The molecule has 0 bridgehead atoms. The predicted molar refractivity (Wildman–Crippen MR) is 129 cm³/mol. The summed E-state index contributed by atoms with van der Waals surface area (Å²) in [5.41, 5.74) is 7.85. The number of nitrogens with one attached hydrogen (secondary N) is 1. The Kier molecular flexibility index (Phi) is 4.58. The topological polar surface area (TPSA) is 133 Å². The van der Waals surface area contributed by atoms with Crippen molar-refractivity contribution in [3.05, 3.63) is 87.6 Å². The number of aromatic amines is 1. The molecule has 1 aromatic carbocycles. The molecule has 1 aliphatic carbocycles. The number of pyridine rings is 2. The van der Waals surface area contributed by atoms with Crippen LogP contribution in [0.5, 0.6) is 0 Å². The number of H-pyrrole nitrogens is 1. The Morgan fingerprint density at radius 3 is 2.70 bits per heavy atom. The van der Waals surface area contributed by atoms with E-state index in [9.17, 15) is 13.6 Å². The molecule has 0 radical (unpaired) electrons. The van der Waals surface area contributed by atoms with Crippen LogP contribution in [0.2, 0.25) is 5.02 Å². The van der Waals surface area contributed by atoms with Crippen molar-refractivity contribution in [2.75, 3.05) is 5.73 Å². The van der Waals surface area contributed by atoms with E-state index in [4.69, 9.17) is 17.3 Å². The molecule has 0 amide bonds. The molecule has 3 N–H and O–H groups in total. The van der Waals surface area contributed by atoms with Crippen LogP contribution in [0.25, 0.3) is 28.1 Å². The van der Waals surface area contributed by atoms with Gasteiger partial charge in [0.25, 0.3) is 5.56 Å². The number of tetrazole rings is 1. The molecular weight excluding hydrogens is 504 g/mol. The van der Waals surface area contributed by atoms with Crippen molar-refractivity contribution in [2.45, 2.75) is 18.4 Å². The smallest absolute Gasteiger partial charge is 0.252 e. The third-order valence-electron chi connectivity index (χ3n) is 6.96. The van der Waals surface area contributed by atoms with Gasteiger partial charge in [-0.15, -0.1) is 5.10 Å². The summed E-state index contributed by atoms with van der Waals surface area (Å²) in [6, 6.07) is 10.9. The molecule has 13 heteroatoms. The van der Waals surface area contributed by atoms with Crippen molar-refractivity contribution in [1.82, 2.24) is 39.7 Å². The maximum atomic E-state index is 14.9. The van der Waals surface area contributed by atoms with Gasteiger partial charge in [-0.2, -0.15) is 13.5 Å². The Morgan fingerprint density at radius 1 is 1.05 bits per heavy atom. The van der Waals surface area contributed by atoms with Crippen LogP contribution in [0.3, 0.4) is 0 Å². The first-order valence-electron chi connectivity index (χ1n) is 11.4. The molecule has 0 spiro atoms. The zero-order valence-electron chi connectivity index (χ0n) is 18.8. The van der Waals surface area contributed by atoms with E-state index in [2.05, 4.69) is 30.5 Å². The number of nitrogens with two attached hydrogens (primary N) is 1. The van der Waals surface area contributed by atoms with Gasteiger partial charge in [-0.1, -0.05) is 11.6 Å². The summed E-state index contributed by atoms with van der Waals surface area (Å²) in [4.78, 5) is 24.0. The number of nitrogens with zero attached hydrogens (tertiary/aromatic N) is 7. The molecule has 2 aliphatic rings. The predicted octanol–water partition coefficient (Wildman–Crippen LogP) is 3.50. The summed E-state index contributed by atoms with van der Waals surface area (Å²) in [6.07, 6.45) is 2.28. The van der Waals surface area contributed by atoms with Gasteiger partial charge in [-0.05, 0) is 64.7 Å². The van der Waals surface area contributed by atoms with Gasteiger partial charge in [0.2, 0.25) is 11.9 Å². The van der Waals surface area contributed by atoms with Crippen LogP contribution < -0.4 is 11.3 Å². The summed E-state index contributed by atoms with van der Waals surface area (Å²) in [7, 11) is 0. The molecule has 184 valence electrons. The summed E-state index contributed by atoms with van der Waals surface area (Å²) in [5.74, 6) is -1.37. The number of hydrogen-bond acceptors (Lipinski definition) is 7. The van der Waals surface area contributed by atoms with E-state index in [1.807, 2.05) is 6.07 Å². The highest BCUT2D eigenvalue weighted by molar-refractivity contribution is 6.31. The molecule has 5 heterocycles. The Hall–Kier alpha value is -4.45. The number of halogens is 3. The van der Waals surface area contributed by atoms with E-state index >= 15 is 0 Å². The summed E-state index contributed by atoms with van der Waals surface area (Å²) >= 11 is 6.28. The highest BCUT2D eigenvalue weighted by Gasteiger charge is 2.54. The average Bonchev–Trinajstić information content (AvgIpc) is 3.17. The van der Waals surface area contributed by atoms with Gasteiger partial charge in [0.1, 0.15) is 23.7 Å². The van der Waals surface area contributed by atoms with Crippen molar-refractivity contribution in [3.63, 3.8) is 0 Å². The zero-order chi connectivity index (χ0) is 25.4. The van der Waals surface area contributed by atoms with Gasteiger partial charge in [0.05, 0.1) is 17.3 Å². The van der Waals surface area contributed by atoms with Crippen LogP contribution in [-0.4, -0.2) is 39.7 Å². The third-order valence-corrected chi connectivity index (χ3v) is 7.20. The van der Waals surface area contributed by atoms with E-state index in [-0.39, 0.29) is 40.3 Å². The highest BCUT2D eigenvalue weighted by atomic mass is 35.5. The fourth-order valence-electron chi connectivity index (χ4n) is 5.29. The first kappa shape index (κ1) is 21.8. The Labute approximate surface area is 211 Å². The van der Waals surface area contributed by atoms with E-state index in [0.29, 0.717) is 21.8 Å². The maximum absolute atomic E-state index is 14.9. The van der Waals surface area contributed by atoms with Crippen molar-refractivity contribution in [2.24, 2.45) is 5.92 Å². The molecule has 1 aliphatic heterocycles. The van der Waals surface area contributed by atoms with Crippen LogP contribution in [0.4, 0.5) is 14.6 Å². The summed E-state index contributed by atoms with van der Waals surface area (Å²) in [6.45, 7) is 0. The molecule has 7 rings (SSSR count). The number of nitrogen functional groups attached to an aromatic ring is 1. The van der Waals surface area contributed by atoms with Crippen molar-refractivity contribution in [1.29, 1.82) is 0 Å². The van der Waals surface area contributed by atoms with E-state index < -0.39 is 17.9 Å². The number of rotatable bonds is 4. The summed E-state index contributed by atoms with van der Waals surface area (Å²) < 4.78 is 32.4. The normalized spacial score (nSPS) is 19.6. The monoisotopic (exact) mass is 519 g/mol. The van der Waals surface area contributed by atoms with E-state index in [1.54, 1.807) is 22.8 Å². The Morgan fingerprint density at radius 2 is 1.92 bits per heavy atom. The first-order chi connectivity index (χ1) is 17.9. The minimum absolute atomic E-state index is 0.0164. The number of hydrogen-bond donors (Lipinski definition) is 2. The van der Waals surface area contributed by atoms with Crippen molar-refractivity contribution in [3.8, 4) is 28.1 Å². The highest BCUT2D eigenvalue weighted by Crippen LogP contribution is 2.60. The lowest BCUT2D eigenvalue weighted by atomic mass is 10.0. The number of anilines is 1. The number of aromatic nitrogens is 8. The van der Waals surface area contributed by atoms with Gasteiger partial charge in [0, 0.05) is 28.3 Å². The molecule has 1 saturated carbocycles. The second kappa shape index (κ2) is 7.77. The van der Waals surface area contributed by atoms with Gasteiger partial charge in [-0.3, -0.25) is 4.79 Å². The van der Waals surface area contributed by atoms with Gasteiger partial charge < -0.3 is 15.3 Å². The SMILES string of the molecule is Nc1ccc(-c2[nH]c(C3C4CC4c4cc(-c5cc(Cl)ccc5-n5cnnn5)cc(=O)n43)nc2F)c(F)n1. The molecule has 3 atom stereocenters. The fraction of sp³-hybridized carbons (Fsp3) is 0.167. The number of fused-ring (bicyclic) bond motifs is 3. The van der Waals surface area contributed by atoms with Crippen LogP contribution in [0.1, 0.15) is 29.9 Å². The van der Waals surface area contributed by atoms with Crippen molar-refractivity contribution < 1.29 is 8.78 Å². The lowest BCUT2D eigenvalue weighted by molar-refractivity contribution is 0.504. The minimum Gasteiger partial charge on any atom is -0.384 e. The van der Waals surface area contributed by atoms with Crippen LogP contribution in [-0.2, 0) is 0 Å². The Bertz CT molecular complexity index is 1760. The molecule has 1 fully saturated rings. The van der Waals surface area contributed by atoms with Gasteiger partial charge in [0.15, 0.2) is 0 Å². The lowest BCUT2D eigenvalue weighted by Crippen LogP contribution is -2.26.